The largest absolute Gasteiger partial charge is 0.504 e. The molecular weight excluding hydrogens is 276 g/mol. The van der Waals surface area contributed by atoms with Gasteiger partial charge in [-0.15, -0.1) is 0 Å². The predicted molar refractivity (Wildman–Crippen MR) is 82.1 cm³/mol. The van der Waals surface area contributed by atoms with Crippen LogP contribution < -0.4 is 10.2 Å². The number of hydrogen-bond acceptors (Lipinski definition) is 4. The van der Waals surface area contributed by atoms with Gasteiger partial charge in [-0.1, -0.05) is 23.7 Å². The highest BCUT2D eigenvalue weighted by molar-refractivity contribution is 6.31. The molecule has 5 heteroatoms. The minimum absolute atomic E-state index is 0.0579. The second-order valence-electron chi connectivity index (χ2n) is 4.23. The number of ether oxygens (including phenoxy) is 1. The number of hydrogen-bond donors (Lipinski definition) is 2. The molecule has 0 radical (unpaired) electrons. The van der Waals surface area contributed by atoms with Gasteiger partial charge in [-0.05, 0) is 36.8 Å². The fraction of sp³-hybridized carbons (Fsp3) is 0.133. The first-order valence-electron chi connectivity index (χ1n) is 6.03. The first-order chi connectivity index (χ1) is 9.61. The maximum Gasteiger partial charge on any atom is 0.166 e. The predicted octanol–water partition coefficient (Wildman–Crippen LogP) is 3.81. The molecule has 4 nitrogen and oxygen atoms in total. The number of phenolic OH excluding ortho intramolecular Hbond substituents is 1. The van der Waals surface area contributed by atoms with Gasteiger partial charge >= 0.3 is 0 Å². The Labute approximate surface area is 122 Å². The van der Waals surface area contributed by atoms with Crippen LogP contribution in [0.3, 0.4) is 0 Å². The molecule has 0 aromatic heterocycles. The van der Waals surface area contributed by atoms with Crippen molar-refractivity contribution in [3.63, 3.8) is 0 Å². The van der Waals surface area contributed by atoms with Crippen LogP contribution in [0.4, 0.5) is 5.69 Å². The van der Waals surface area contributed by atoms with Crippen molar-refractivity contribution in [3.05, 3.63) is 52.5 Å². The van der Waals surface area contributed by atoms with E-state index in [0.717, 1.165) is 11.3 Å². The molecule has 0 spiro atoms. The molecule has 0 bridgehead atoms. The van der Waals surface area contributed by atoms with E-state index in [-0.39, 0.29) is 5.75 Å². The van der Waals surface area contributed by atoms with Gasteiger partial charge in [0.15, 0.2) is 11.5 Å². The Hall–Kier alpha value is -2.20. The van der Waals surface area contributed by atoms with E-state index in [1.807, 2.05) is 19.1 Å². The number of nitrogens with one attached hydrogen (secondary N) is 1. The van der Waals surface area contributed by atoms with E-state index in [0.29, 0.717) is 16.3 Å². The average molecular weight is 291 g/mol. The minimum atomic E-state index is 0.0579. The summed E-state index contributed by atoms with van der Waals surface area (Å²) in [4.78, 5) is 0. The number of aryl methyl sites for hydroxylation is 1. The van der Waals surface area contributed by atoms with Gasteiger partial charge in [-0.2, -0.15) is 5.10 Å². The van der Waals surface area contributed by atoms with E-state index in [2.05, 4.69) is 10.5 Å². The molecule has 2 N–H and O–H groups in total. The summed E-state index contributed by atoms with van der Waals surface area (Å²) in [5, 5.41) is 14.6. The normalized spacial score (nSPS) is 10.8. The zero-order valence-corrected chi connectivity index (χ0v) is 12.0. The summed E-state index contributed by atoms with van der Waals surface area (Å²) in [6.07, 6.45) is 1.52. The number of anilines is 1. The Balaban J connectivity index is 2.12. The Morgan fingerprint density at radius 3 is 2.80 bits per heavy atom. The van der Waals surface area contributed by atoms with Crippen molar-refractivity contribution in [2.45, 2.75) is 6.92 Å². The van der Waals surface area contributed by atoms with Crippen LogP contribution in [0.2, 0.25) is 5.02 Å². The molecule has 0 heterocycles. The number of benzene rings is 2. The maximum atomic E-state index is 9.90. The molecule has 0 aliphatic carbocycles. The molecule has 2 aromatic carbocycles. The Morgan fingerprint density at radius 1 is 1.30 bits per heavy atom. The molecule has 104 valence electrons. The number of phenols is 1. The second kappa shape index (κ2) is 6.30. The highest BCUT2D eigenvalue weighted by Gasteiger charge is 2.04. The number of rotatable bonds is 4. The number of para-hydroxylation sites is 1. The third-order valence-corrected chi connectivity index (χ3v) is 3.23. The Bertz CT molecular complexity index is 642. The van der Waals surface area contributed by atoms with Crippen LogP contribution in [-0.4, -0.2) is 18.4 Å². The summed E-state index contributed by atoms with van der Waals surface area (Å²) in [6, 6.07) is 10.8. The van der Waals surface area contributed by atoms with Crippen molar-refractivity contribution in [2.75, 3.05) is 12.5 Å². The first-order valence-corrected chi connectivity index (χ1v) is 6.41. The van der Waals surface area contributed by atoms with Crippen molar-refractivity contribution >= 4 is 23.5 Å². The van der Waals surface area contributed by atoms with E-state index in [9.17, 15) is 5.11 Å². The quantitative estimate of drug-likeness (QED) is 0.665. The van der Waals surface area contributed by atoms with Gasteiger partial charge < -0.3 is 9.84 Å². The van der Waals surface area contributed by atoms with Crippen molar-refractivity contribution in [2.24, 2.45) is 5.10 Å². The van der Waals surface area contributed by atoms with Crippen LogP contribution in [0.15, 0.2) is 41.5 Å². The van der Waals surface area contributed by atoms with Crippen molar-refractivity contribution < 1.29 is 9.84 Å². The SMILES string of the molecule is COc1cccc(/C=N/Nc2ccc(C)c(Cl)c2)c1O. The van der Waals surface area contributed by atoms with Gasteiger partial charge in [0, 0.05) is 10.6 Å². The van der Waals surface area contributed by atoms with E-state index in [1.54, 1.807) is 24.3 Å². The highest BCUT2D eigenvalue weighted by Crippen LogP contribution is 2.28. The van der Waals surface area contributed by atoms with Crippen LogP contribution >= 0.6 is 11.6 Å². The molecule has 2 rings (SSSR count). The lowest BCUT2D eigenvalue weighted by Crippen LogP contribution is -1.93. The molecule has 0 unspecified atom stereocenters. The zero-order valence-electron chi connectivity index (χ0n) is 11.2. The molecule has 0 aliphatic heterocycles. The molecule has 0 atom stereocenters. The molecular formula is C15H15ClN2O2. The highest BCUT2D eigenvalue weighted by atomic mass is 35.5. The van der Waals surface area contributed by atoms with Gasteiger partial charge in [0.1, 0.15) is 0 Å². The van der Waals surface area contributed by atoms with E-state index in [1.165, 1.54) is 13.3 Å². The lowest BCUT2D eigenvalue weighted by atomic mass is 10.2. The topological polar surface area (TPSA) is 53.8 Å². The first kappa shape index (κ1) is 14.2. The average Bonchev–Trinajstić information content (AvgIpc) is 2.44. The van der Waals surface area contributed by atoms with E-state index < -0.39 is 0 Å². The third kappa shape index (κ3) is 3.22. The van der Waals surface area contributed by atoms with Crippen molar-refractivity contribution in [3.8, 4) is 11.5 Å². The lowest BCUT2D eigenvalue weighted by molar-refractivity contribution is 0.373. The summed E-state index contributed by atoms with van der Waals surface area (Å²) in [7, 11) is 1.50. The summed E-state index contributed by atoms with van der Waals surface area (Å²) < 4.78 is 5.03. The van der Waals surface area contributed by atoms with Gasteiger partial charge in [0.2, 0.25) is 0 Å². The van der Waals surface area contributed by atoms with Crippen molar-refractivity contribution in [1.29, 1.82) is 0 Å². The maximum absolute atomic E-state index is 9.90. The van der Waals surface area contributed by atoms with E-state index in [4.69, 9.17) is 16.3 Å². The van der Waals surface area contributed by atoms with Crippen LogP contribution in [0, 0.1) is 6.92 Å². The standard InChI is InChI=1S/C15H15ClN2O2/c1-10-6-7-12(8-13(10)16)18-17-9-11-4-3-5-14(20-2)15(11)19/h3-9,18-19H,1-2H3/b17-9+. The van der Waals surface area contributed by atoms with Crippen LogP contribution in [-0.2, 0) is 0 Å². The monoisotopic (exact) mass is 290 g/mol. The lowest BCUT2D eigenvalue weighted by Gasteiger charge is -2.05. The fourth-order valence-electron chi connectivity index (χ4n) is 1.65. The summed E-state index contributed by atoms with van der Waals surface area (Å²) in [5.74, 6) is 0.467. The van der Waals surface area contributed by atoms with Gasteiger partial charge in [0.05, 0.1) is 19.0 Å². The Morgan fingerprint density at radius 2 is 2.10 bits per heavy atom. The third-order valence-electron chi connectivity index (χ3n) is 2.82. The second-order valence-corrected chi connectivity index (χ2v) is 4.64. The number of methoxy groups -OCH3 is 1. The Kier molecular flexibility index (Phi) is 4.48. The molecule has 0 saturated carbocycles. The summed E-state index contributed by atoms with van der Waals surface area (Å²) in [5.41, 5.74) is 5.21. The van der Waals surface area contributed by atoms with Crippen molar-refractivity contribution in [1.82, 2.24) is 0 Å². The van der Waals surface area contributed by atoms with Crippen LogP contribution in [0.1, 0.15) is 11.1 Å². The van der Waals surface area contributed by atoms with Gasteiger partial charge in [-0.3, -0.25) is 5.43 Å². The minimum Gasteiger partial charge on any atom is -0.504 e. The molecule has 0 saturated heterocycles. The molecule has 0 aliphatic rings. The van der Waals surface area contributed by atoms with Crippen LogP contribution in [0.5, 0.6) is 11.5 Å². The smallest absolute Gasteiger partial charge is 0.166 e. The number of halogens is 1. The fourth-order valence-corrected chi connectivity index (χ4v) is 1.83. The number of hydrazone groups is 1. The van der Waals surface area contributed by atoms with Gasteiger partial charge in [0.25, 0.3) is 0 Å². The summed E-state index contributed by atoms with van der Waals surface area (Å²) >= 11 is 6.03. The molecule has 0 amide bonds. The molecule has 20 heavy (non-hydrogen) atoms. The molecule has 2 aromatic rings. The number of aromatic hydroxyl groups is 1. The summed E-state index contributed by atoms with van der Waals surface area (Å²) in [6.45, 7) is 1.93. The molecule has 0 fully saturated rings. The zero-order chi connectivity index (χ0) is 14.5. The van der Waals surface area contributed by atoms with Crippen LogP contribution in [0.25, 0.3) is 0 Å². The van der Waals surface area contributed by atoms with E-state index >= 15 is 0 Å². The number of nitrogens with zero attached hydrogens (tertiary/aromatic N) is 1. The van der Waals surface area contributed by atoms with Gasteiger partial charge in [-0.25, -0.2) is 0 Å².